The minimum Gasteiger partial charge on any atom is -0.370 e. The first-order valence-corrected chi connectivity index (χ1v) is 5.89. The zero-order valence-electron chi connectivity index (χ0n) is 9.99. The second-order valence-electron chi connectivity index (χ2n) is 4.13. The van der Waals surface area contributed by atoms with E-state index >= 15 is 0 Å². The molecule has 4 heteroatoms. The molecule has 0 unspecified atom stereocenters. The molecule has 1 amide bonds. The van der Waals surface area contributed by atoms with E-state index in [9.17, 15) is 4.79 Å². The molecule has 2 heterocycles. The van der Waals surface area contributed by atoms with Crippen molar-refractivity contribution >= 4 is 17.8 Å². The Morgan fingerprint density at radius 3 is 3.35 bits per heavy atom. The number of fused-ring (bicyclic) bond motifs is 1. The van der Waals surface area contributed by atoms with E-state index in [0.29, 0.717) is 6.54 Å². The molecule has 0 atom stereocenters. The van der Waals surface area contributed by atoms with Gasteiger partial charge in [0.05, 0.1) is 0 Å². The fraction of sp³-hybridized carbons (Fsp3) is 0.385. The highest BCUT2D eigenvalue weighted by Gasteiger charge is 2.10. The van der Waals surface area contributed by atoms with Gasteiger partial charge in [-0.15, -0.1) is 0 Å². The van der Waals surface area contributed by atoms with Crippen LogP contribution in [0.2, 0.25) is 0 Å². The largest absolute Gasteiger partial charge is 0.370 e. The van der Waals surface area contributed by atoms with E-state index in [1.54, 1.807) is 0 Å². The highest BCUT2D eigenvalue weighted by atomic mass is 16.1. The first kappa shape index (κ1) is 11.6. The van der Waals surface area contributed by atoms with E-state index in [0.717, 1.165) is 30.8 Å². The minimum absolute atomic E-state index is 0.0173. The number of anilines is 1. The molecule has 17 heavy (non-hydrogen) atoms. The Hall–Kier alpha value is -1.84. The Morgan fingerprint density at radius 2 is 2.53 bits per heavy atom. The summed E-state index contributed by atoms with van der Waals surface area (Å²) >= 11 is 0. The second kappa shape index (κ2) is 5.48. The smallest absolute Gasteiger partial charge is 0.216 e. The average molecular weight is 231 g/mol. The number of amides is 1. The lowest BCUT2D eigenvalue weighted by molar-refractivity contribution is -0.118. The number of rotatable bonds is 4. The van der Waals surface area contributed by atoms with Gasteiger partial charge in [0, 0.05) is 26.2 Å². The molecule has 0 saturated carbocycles. The molecule has 1 aromatic rings. The summed E-state index contributed by atoms with van der Waals surface area (Å²) in [5, 5.41) is 5.99. The summed E-state index contributed by atoms with van der Waals surface area (Å²) in [5.41, 5.74) is 2.41. The fourth-order valence-corrected chi connectivity index (χ4v) is 1.84. The molecule has 1 aliphatic heterocycles. The van der Waals surface area contributed by atoms with Crippen LogP contribution in [-0.4, -0.2) is 24.0 Å². The van der Waals surface area contributed by atoms with Crippen molar-refractivity contribution in [2.75, 3.05) is 18.4 Å². The zero-order chi connectivity index (χ0) is 12.1. The van der Waals surface area contributed by atoms with Gasteiger partial charge in [0.1, 0.15) is 5.82 Å². The number of nitrogens with zero attached hydrogens (tertiary/aromatic N) is 1. The fourth-order valence-electron chi connectivity index (χ4n) is 1.84. The Bertz CT molecular complexity index is 440. The van der Waals surface area contributed by atoms with Crippen LogP contribution in [0.5, 0.6) is 0 Å². The number of hydrogen-bond donors (Lipinski definition) is 2. The maximum atomic E-state index is 10.7. The number of carbonyl (C=O) groups is 1. The van der Waals surface area contributed by atoms with E-state index < -0.39 is 0 Å². The molecule has 0 fully saturated rings. The molecule has 0 aliphatic carbocycles. The lowest BCUT2D eigenvalue weighted by Crippen LogP contribution is -2.20. The summed E-state index contributed by atoms with van der Waals surface area (Å²) in [6.45, 7) is 3.20. The molecule has 0 aromatic carbocycles. The highest BCUT2D eigenvalue weighted by molar-refractivity contribution is 5.72. The Labute approximate surface area is 101 Å². The molecule has 4 nitrogen and oxygen atoms in total. The molecule has 1 aliphatic rings. The molecule has 1 aromatic heterocycles. The summed E-state index contributed by atoms with van der Waals surface area (Å²) in [5.74, 6) is 1.03. The van der Waals surface area contributed by atoms with Crippen LogP contribution in [0.25, 0.3) is 6.08 Å². The molecule has 90 valence electrons. The predicted molar refractivity (Wildman–Crippen MR) is 68.8 cm³/mol. The van der Waals surface area contributed by atoms with Crippen LogP contribution in [0.1, 0.15) is 24.5 Å². The first-order chi connectivity index (χ1) is 8.25. The maximum Gasteiger partial charge on any atom is 0.216 e. The molecular weight excluding hydrogens is 214 g/mol. The Kier molecular flexibility index (Phi) is 3.75. The van der Waals surface area contributed by atoms with Crippen LogP contribution in [0.15, 0.2) is 18.3 Å². The SMILES string of the molecule is CC(=O)NCCC=Cc1cnc2c(c1)CCN2. The summed E-state index contributed by atoms with van der Waals surface area (Å²) in [6.07, 6.45) is 7.87. The van der Waals surface area contributed by atoms with Gasteiger partial charge in [0.25, 0.3) is 0 Å². The molecule has 0 spiro atoms. The number of pyridine rings is 1. The first-order valence-electron chi connectivity index (χ1n) is 5.89. The molecule has 0 radical (unpaired) electrons. The van der Waals surface area contributed by atoms with Gasteiger partial charge in [-0.05, 0) is 30.0 Å². The van der Waals surface area contributed by atoms with E-state index in [1.165, 1.54) is 12.5 Å². The van der Waals surface area contributed by atoms with Crippen molar-refractivity contribution in [2.45, 2.75) is 19.8 Å². The number of carbonyl (C=O) groups excluding carboxylic acids is 1. The lowest BCUT2D eigenvalue weighted by atomic mass is 10.1. The van der Waals surface area contributed by atoms with Gasteiger partial charge >= 0.3 is 0 Å². The van der Waals surface area contributed by atoms with Crippen molar-refractivity contribution in [3.8, 4) is 0 Å². The van der Waals surface area contributed by atoms with Crippen molar-refractivity contribution in [3.05, 3.63) is 29.5 Å². The van der Waals surface area contributed by atoms with Gasteiger partial charge in [-0.3, -0.25) is 4.79 Å². The van der Waals surface area contributed by atoms with Gasteiger partial charge in [0.15, 0.2) is 0 Å². The van der Waals surface area contributed by atoms with Crippen LogP contribution < -0.4 is 10.6 Å². The van der Waals surface area contributed by atoms with Crippen molar-refractivity contribution in [1.29, 1.82) is 0 Å². The van der Waals surface area contributed by atoms with Gasteiger partial charge in [-0.1, -0.05) is 12.2 Å². The van der Waals surface area contributed by atoms with Crippen molar-refractivity contribution in [3.63, 3.8) is 0 Å². The van der Waals surface area contributed by atoms with Crippen molar-refractivity contribution in [1.82, 2.24) is 10.3 Å². The number of aromatic nitrogens is 1. The standard InChI is InChI=1S/C13H17N3O/c1-10(17)14-6-3-2-4-11-8-12-5-7-15-13(12)16-9-11/h2,4,8-9H,3,5-7H2,1H3,(H,14,17)(H,15,16). The van der Waals surface area contributed by atoms with Crippen molar-refractivity contribution in [2.24, 2.45) is 0 Å². The average Bonchev–Trinajstić information content (AvgIpc) is 2.75. The van der Waals surface area contributed by atoms with E-state index in [2.05, 4.69) is 27.8 Å². The van der Waals surface area contributed by atoms with E-state index in [4.69, 9.17) is 0 Å². The Balaban J connectivity index is 1.86. The predicted octanol–water partition coefficient (Wildman–Crippen LogP) is 1.59. The highest BCUT2D eigenvalue weighted by Crippen LogP contribution is 2.20. The van der Waals surface area contributed by atoms with Crippen LogP contribution in [0.3, 0.4) is 0 Å². The van der Waals surface area contributed by atoms with Crippen LogP contribution >= 0.6 is 0 Å². The minimum atomic E-state index is 0.0173. The molecular formula is C13H17N3O. The lowest BCUT2D eigenvalue weighted by Gasteiger charge is -2.00. The van der Waals surface area contributed by atoms with Gasteiger partial charge in [-0.25, -0.2) is 4.98 Å². The molecule has 2 rings (SSSR count). The third kappa shape index (κ3) is 3.31. The summed E-state index contributed by atoms with van der Waals surface area (Å²) in [4.78, 5) is 15.0. The zero-order valence-corrected chi connectivity index (χ0v) is 9.99. The van der Waals surface area contributed by atoms with Crippen LogP contribution in [0, 0.1) is 0 Å². The van der Waals surface area contributed by atoms with E-state index in [-0.39, 0.29) is 5.91 Å². The summed E-state index contributed by atoms with van der Waals surface area (Å²) in [6, 6.07) is 2.16. The van der Waals surface area contributed by atoms with Gasteiger partial charge in [-0.2, -0.15) is 0 Å². The number of hydrogen-bond acceptors (Lipinski definition) is 3. The normalized spacial score (nSPS) is 13.5. The number of nitrogens with one attached hydrogen (secondary N) is 2. The topological polar surface area (TPSA) is 54.0 Å². The van der Waals surface area contributed by atoms with Crippen LogP contribution in [-0.2, 0) is 11.2 Å². The molecule has 2 N–H and O–H groups in total. The van der Waals surface area contributed by atoms with E-state index in [1.807, 2.05) is 12.3 Å². The summed E-state index contributed by atoms with van der Waals surface area (Å²) < 4.78 is 0. The molecule has 0 bridgehead atoms. The van der Waals surface area contributed by atoms with Gasteiger partial charge in [0.2, 0.25) is 5.91 Å². The Morgan fingerprint density at radius 1 is 1.65 bits per heavy atom. The third-order valence-electron chi connectivity index (χ3n) is 2.67. The summed E-state index contributed by atoms with van der Waals surface area (Å²) in [7, 11) is 0. The monoisotopic (exact) mass is 231 g/mol. The van der Waals surface area contributed by atoms with Gasteiger partial charge < -0.3 is 10.6 Å². The van der Waals surface area contributed by atoms with Crippen LogP contribution in [0.4, 0.5) is 5.82 Å². The maximum absolute atomic E-state index is 10.7. The molecule has 0 saturated heterocycles. The van der Waals surface area contributed by atoms with Crippen molar-refractivity contribution < 1.29 is 4.79 Å². The quantitative estimate of drug-likeness (QED) is 0.774. The third-order valence-corrected chi connectivity index (χ3v) is 2.67. The second-order valence-corrected chi connectivity index (χ2v) is 4.13.